The van der Waals surface area contributed by atoms with Crippen LogP contribution in [0.3, 0.4) is 0 Å². The number of hydrogen-bond acceptors (Lipinski definition) is 4. The lowest BCUT2D eigenvalue weighted by Gasteiger charge is -2.38. The number of pyridine rings is 1. The van der Waals surface area contributed by atoms with Crippen LogP contribution in [0.2, 0.25) is 0 Å². The van der Waals surface area contributed by atoms with E-state index in [4.69, 9.17) is 4.74 Å². The van der Waals surface area contributed by atoms with Crippen LogP contribution in [-0.2, 0) is 4.74 Å². The summed E-state index contributed by atoms with van der Waals surface area (Å²) in [6.07, 6.45) is 1.88. The number of ether oxygens (including phenoxy) is 1. The van der Waals surface area contributed by atoms with Gasteiger partial charge in [0.1, 0.15) is 5.82 Å². The van der Waals surface area contributed by atoms with Gasteiger partial charge in [-0.2, -0.15) is 0 Å². The average Bonchev–Trinajstić information content (AvgIpc) is 2.39. The normalized spacial score (nSPS) is 18.6. The SMILES string of the molecule is COCC(C)N1CCN(c2ncc(Br)cc2C)CC1. The Labute approximate surface area is 123 Å². The molecule has 0 N–H and O–H groups in total. The van der Waals surface area contributed by atoms with Gasteiger partial charge in [-0.25, -0.2) is 4.98 Å². The van der Waals surface area contributed by atoms with Crippen molar-refractivity contribution in [2.24, 2.45) is 0 Å². The van der Waals surface area contributed by atoms with Crippen molar-refractivity contribution in [3.05, 3.63) is 22.3 Å². The molecule has 4 nitrogen and oxygen atoms in total. The van der Waals surface area contributed by atoms with Gasteiger partial charge >= 0.3 is 0 Å². The van der Waals surface area contributed by atoms with Gasteiger partial charge in [-0.3, -0.25) is 4.90 Å². The average molecular weight is 328 g/mol. The molecule has 0 aromatic carbocycles. The molecule has 0 radical (unpaired) electrons. The molecule has 1 aliphatic heterocycles. The third kappa shape index (κ3) is 3.68. The van der Waals surface area contributed by atoms with Crippen LogP contribution in [0.1, 0.15) is 12.5 Å². The Morgan fingerprint density at radius 1 is 1.37 bits per heavy atom. The van der Waals surface area contributed by atoms with Crippen LogP contribution in [0.4, 0.5) is 5.82 Å². The molecule has 2 rings (SSSR count). The van der Waals surface area contributed by atoms with Gasteiger partial charge < -0.3 is 9.64 Å². The first-order valence-electron chi connectivity index (χ1n) is 6.72. The summed E-state index contributed by atoms with van der Waals surface area (Å²) in [5.74, 6) is 1.11. The first kappa shape index (κ1) is 14.8. The zero-order valence-electron chi connectivity index (χ0n) is 11.9. The molecule has 0 aliphatic carbocycles. The Morgan fingerprint density at radius 2 is 2.05 bits per heavy atom. The van der Waals surface area contributed by atoms with Crippen LogP contribution >= 0.6 is 15.9 Å². The molecule has 0 saturated carbocycles. The summed E-state index contributed by atoms with van der Waals surface area (Å²) in [4.78, 5) is 9.40. The zero-order chi connectivity index (χ0) is 13.8. The Balaban J connectivity index is 1.96. The van der Waals surface area contributed by atoms with Gasteiger partial charge in [0.2, 0.25) is 0 Å². The first-order valence-corrected chi connectivity index (χ1v) is 7.51. The van der Waals surface area contributed by atoms with E-state index in [0.717, 1.165) is 43.1 Å². The number of aromatic nitrogens is 1. The molecule has 1 saturated heterocycles. The number of anilines is 1. The van der Waals surface area contributed by atoms with Crippen molar-refractivity contribution in [1.29, 1.82) is 0 Å². The monoisotopic (exact) mass is 327 g/mol. The minimum Gasteiger partial charge on any atom is -0.383 e. The van der Waals surface area contributed by atoms with Crippen molar-refractivity contribution >= 4 is 21.7 Å². The zero-order valence-corrected chi connectivity index (χ0v) is 13.5. The van der Waals surface area contributed by atoms with Gasteiger partial charge in [-0.15, -0.1) is 0 Å². The Bertz CT molecular complexity index is 419. The van der Waals surface area contributed by atoms with Crippen molar-refractivity contribution < 1.29 is 4.74 Å². The molecule has 0 amide bonds. The van der Waals surface area contributed by atoms with E-state index in [2.05, 4.69) is 50.6 Å². The summed E-state index contributed by atoms with van der Waals surface area (Å²) < 4.78 is 6.27. The standard InChI is InChI=1S/C14H22BrN3O/c1-11-8-13(15)9-16-14(11)18-6-4-17(5-7-18)12(2)10-19-3/h8-9,12H,4-7,10H2,1-3H3. The molecule has 1 aromatic rings. The summed E-state index contributed by atoms with van der Waals surface area (Å²) in [6.45, 7) is 9.35. The molecule has 0 bridgehead atoms. The minimum atomic E-state index is 0.492. The molecule has 2 heterocycles. The molecule has 106 valence electrons. The molecule has 5 heteroatoms. The molecule has 19 heavy (non-hydrogen) atoms. The fraction of sp³-hybridized carbons (Fsp3) is 0.643. The largest absolute Gasteiger partial charge is 0.383 e. The van der Waals surface area contributed by atoms with Crippen molar-refractivity contribution in [3.63, 3.8) is 0 Å². The van der Waals surface area contributed by atoms with Crippen LogP contribution in [0.15, 0.2) is 16.7 Å². The summed E-state index contributed by atoms with van der Waals surface area (Å²) in [6, 6.07) is 2.62. The fourth-order valence-corrected chi connectivity index (χ4v) is 3.03. The predicted octanol–water partition coefficient (Wildman–Crippen LogP) is 2.31. The highest BCUT2D eigenvalue weighted by molar-refractivity contribution is 9.10. The van der Waals surface area contributed by atoms with Gasteiger partial charge in [-0.05, 0) is 41.4 Å². The third-order valence-electron chi connectivity index (χ3n) is 3.66. The molecule has 1 atom stereocenters. The van der Waals surface area contributed by atoms with E-state index in [0.29, 0.717) is 6.04 Å². The predicted molar refractivity (Wildman–Crippen MR) is 81.8 cm³/mol. The maximum atomic E-state index is 5.23. The molecular formula is C14H22BrN3O. The number of piperazine rings is 1. The van der Waals surface area contributed by atoms with E-state index >= 15 is 0 Å². The molecule has 1 unspecified atom stereocenters. The Morgan fingerprint density at radius 3 is 2.63 bits per heavy atom. The lowest BCUT2D eigenvalue weighted by atomic mass is 10.2. The highest BCUT2D eigenvalue weighted by atomic mass is 79.9. The number of hydrogen-bond donors (Lipinski definition) is 0. The van der Waals surface area contributed by atoms with Crippen molar-refractivity contribution in [1.82, 2.24) is 9.88 Å². The topological polar surface area (TPSA) is 28.6 Å². The second-order valence-electron chi connectivity index (χ2n) is 5.12. The Hall–Kier alpha value is -0.650. The summed E-state index contributed by atoms with van der Waals surface area (Å²) in [5.41, 5.74) is 1.23. The van der Waals surface area contributed by atoms with Gasteiger partial charge in [0, 0.05) is 50.0 Å². The molecule has 1 fully saturated rings. The number of nitrogens with zero attached hydrogens (tertiary/aromatic N) is 3. The maximum Gasteiger partial charge on any atom is 0.131 e. The van der Waals surface area contributed by atoms with E-state index in [1.54, 1.807) is 7.11 Å². The number of halogens is 1. The van der Waals surface area contributed by atoms with E-state index in [1.807, 2.05) is 6.20 Å². The second-order valence-corrected chi connectivity index (χ2v) is 6.04. The minimum absolute atomic E-state index is 0.492. The van der Waals surface area contributed by atoms with E-state index in [9.17, 15) is 0 Å². The van der Waals surface area contributed by atoms with Crippen LogP contribution < -0.4 is 4.90 Å². The van der Waals surface area contributed by atoms with Gasteiger partial charge in [-0.1, -0.05) is 0 Å². The van der Waals surface area contributed by atoms with Crippen LogP contribution in [-0.4, -0.2) is 55.8 Å². The van der Waals surface area contributed by atoms with E-state index < -0.39 is 0 Å². The van der Waals surface area contributed by atoms with Crippen molar-refractivity contribution in [3.8, 4) is 0 Å². The fourth-order valence-electron chi connectivity index (χ4n) is 2.59. The van der Waals surface area contributed by atoms with Gasteiger partial charge in [0.15, 0.2) is 0 Å². The van der Waals surface area contributed by atoms with Crippen LogP contribution in [0.5, 0.6) is 0 Å². The summed E-state index contributed by atoms with van der Waals surface area (Å²) in [5, 5.41) is 0. The maximum absolute atomic E-state index is 5.23. The second kappa shape index (κ2) is 6.68. The molecular weight excluding hydrogens is 306 g/mol. The smallest absolute Gasteiger partial charge is 0.131 e. The van der Waals surface area contributed by atoms with E-state index in [-0.39, 0.29) is 0 Å². The summed E-state index contributed by atoms with van der Waals surface area (Å²) in [7, 11) is 1.77. The molecule has 0 spiro atoms. The van der Waals surface area contributed by atoms with Crippen molar-refractivity contribution in [2.75, 3.05) is 44.8 Å². The molecule has 1 aliphatic rings. The number of aryl methyl sites for hydroxylation is 1. The van der Waals surface area contributed by atoms with Gasteiger partial charge in [0.05, 0.1) is 6.61 Å². The lowest BCUT2D eigenvalue weighted by Crippen LogP contribution is -2.51. The molecule has 1 aromatic heterocycles. The highest BCUT2D eigenvalue weighted by Gasteiger charge is 2.22. The first-order chi connectivity index (χ1) is 9.11. The number of methoxy groups -OCH3 is 1. The number of rotatable bonds is 4. The van der Waals surface area contributed by atoms with Crippen LogP contribution in [0, 0.1) is 6.92 Å². The quantitative estimate of drug-likeness (QED) is 0.848. The Kier molecular flexibility index (Phi) is 5.19. The third-order valence-corrected chi connectivity index (χ3v) is 4.10. The van der Waals surface area contributed by atoms with Crippen molar-refractivity contribution in [2.45, 2.75) is 19.9 Å². The van der Waals surface area contributed by atoms with Crippen LogP contribution in [0.25, 0.3) is 0 Å². The summed E-state index contributed by atoms with van der Waals surface area (Å²) >= 11 is 3.46. The lowest BCUT2D eigenvalue weighted by molar-refractivity contribution is 0.0952. The van der Waals surface area contributed by atoms with E-state index in [1.165, 1.54) is 5.56 Å². The van der Waals surface area contributed by atoms with Gasteiger partial charge in [0.25, 0.3) is 0 Å². The highest BCUT2D eigenvalue weighted by Crippen LogP contribution is 2.22.